The molecule has 0 bridgehead atoms. The van der Waals surface area contributed by atoms with Crippen LogP contribution in [0, 0.1) is 5.92 Å². The van der Waals surface area contributed by atoms with Crippen molar-refractivity contribution >= 4 is 11.9 Å². The van der Waals surface area contributed by atoms with Crippen LogP contribution in [-0.2, 0) is 4.79 Å². The summed E-state index contributed by atoms with van der Waals surface area (Å²) in [6.07, 6.45) is 0.583. The number of aromatic nitrogens is 2. The maximum absolute atomic E-state index is 11.1. The molecule has 1 N–H and O–H groups in total. The molecule has 0 aromatic carbocycles. The summed E-state index contributed by atoms with van der Waals surface area (Å²) in [4.78, 5) is 21.5. The normalized spacial score (nSPS) is 22.4. The molecular weight excluding hydrogens is 250 g/mol. The number of carboxylic acids is 1. The Hall–Kier alpha value is -2.05. The van der Waals surface area contributed by atoms with E-state index < -0.39 is 11.9 Å². The Balaban J connectivity index is 2.29. The van der Waals surface area contributed by atoms with Crippen molar-refractivity contribution in [3.63, 3.8) is 0 Å². The molecule has 7 nitrogen and oxygen atoms in total. The quantitative estimate of drug-likeness (QED) is 0.863. The van der Waals surface area contributed by atoms with Gasteiger partial charge in [-0.25, -0.2) is 0 Å². The molecule has 104 valence electrons. The molecule has 0 spiro atoms. The fraction of sp³-hybridized carbons (Fsp3) is 0.583. The summed E-state index contributed by atoms with van der Waals surface area (Å²) >= 11 is 0. The smallest absolute Gasteiger partial charge is 0.308 e. The Morgan fingerprint density at radius 3 is 2.37 bits per heavy atom. The molecule has 1 aliphatic rings. The average Bonchev–Trinajstić information content (AvgIpc) is 2.80. The van der Waals surface area contributed by atoms with E-state index in [1.54, 1.807) is 6.07 Å². The fourth-order valence-corrected chi connectivity index (χ4v) is 2.28. The zero-order chi connectivity index (χ0) is 14.0. The first kappa shape index (κ1) is 13.4. The first-order valence-electron chi connectivity index (χ1n) is 6.03. The first-order chi connectivity index (χ1) is 9.06. The van der Waals surface area contributed by atoms with E-state index in [4.69, 9.17) is 14.6 Å². The Morgan fingerprint density at radius 1 is 1.37 bits per heavy atom. The predicted molar refractivity (Wildman–Crippen MR) is 67.7 cm³/mol. The van der Waals surface area contributed by atoms with Gasteiger partial charge in [0.1, 0.15) is 0 Å². The summed E-state index contributed by atoms with van der Waals surface area (Å²) in [7, 11) is 3.03. The van der Waals surface area contributed by atoms with E-state index in [0.717, 1.165) is 0 Å². The molecule has 2 atom stereocenters. The van der Waals surface area contributed by atoms with Crippen molar-refractivity contribution in [3.05, 3.63) is 6.07 Å². The molecule has 2 rings (SSSR count). The zero-order valence-electron chi connectivity index (χ0n) is 11.2. The molecule has 1 aromatic heterocycles. The van der Waals surface area contributed by atoms with Gasteiger partial charge >= 0.3 is 5.97 Å². The molecule has 0 amide bonds. The number of aliphatic carboxylic acids is 1. The largest absolute Gasteiger partial charge is 0.481 e. The molecule has 0 aliphatic carbocycles. The zero-order valence-corrected chi connectivity index (χ0v) is 11.2. The first-order valence-corrected chi connectivity index (χ1v) is 6.03. The lowest BCUT2D eigenvalue weighted by Gasteiger charge is -2.23. The standard InChI is InChI=1S/C12H17N3O4/c1-7-8(11(16)17)4-5-15(7)12-13-9(18-2)6-10(14-12)19-3/h6-8H,4-5H2,1-3H3,(H,16,17). The molecular formula is C12H17N3O4. The van der Waals surface area contributed by atoms with E-state index in [1.807, 2.05) is 11.8 Å². The van der Waals surface area contributed by atoms with E-state index in [1.165, 1.54) is 14.2 Å². The highest BCUT2D eigenvalue weighted by atomic mass is 16.5. The van der Waals surface area contributed by atoms with E-state index >= 15 is 0 Å². The maximum atomic E-state index is 11.1. The Labute approximate surface area is 111 Å². The van der Waals surface area contributed by atoms with Crippen LogP contribution in [0.4, 0.5) is 5.95 Å². The number of hydrogen-bond acceptors (Lipinski definition) is 6. The summed E-state index contributed by atoms with van der Waals surface area (Å²) in [5.74, 6) is 0.0405. The van der Waals surface area contributed by atoms with Gasteiger partial charge in [-0.3, -0.25) is 4.79 Å². The number of nitrogens with zero attached hydrogens (tertiary/aromatic N) is 3. The van der Waals surface area contributed by atoms with Crippen LogP contribution in [-0.4, -0.2) is 47.8 Å². The van der Waals surface area contributed by atoms with E-state index in [9.17, 15) is 4.79 Å². The molecule has 7 heteroatoms. The van der Waals surface area contributed by atoms with Gasteiger partial charge in [-0.15, -0.1) is 0 Å². The van der Waals surface area contributed by atoms with Crippen molar-refractivity contribution in [2.45, 2.75) is 19.4 Å². The molecule has 1 aromatic rings. The van der Waals surface area contributed by atoms with Crippen LogP contribution in [0.1, 0.15) is 13.3 Å². The Kier molecular flexibility index (Phi) is 3.73. The van der Waals surface area contributed by atoms with Gasteiger partial charge in [-0.05, 0) is 13.3 Å². The molecule has 2 heterocycles. The minimum Gasteiger partial charge on any atom is -0.481 e. The molecule has 0 radical (unpaired) electrons. The highest BCUT2D eigenvalue weighted by molar-refractivity contribution is 5.72. The third-order valence-electron chi connectivity index (χ3n) is 3.41. The number of carboxylic acid groups (broad SMARTS) is 1. The van der Waals surface area contributed by atoms with Gasteiger partial charge in [0.2, 0.25) is 17.7 Å². The van der Waals surface area contributed by atoms with Crippen LogP contribution in [0.2, 0.25) is 0 Å². The summed E-state index contributed by atoms with van der Waals surface area (Å²) in [5, 5.41) is 9.13. The average molecular weight is 267 g/mol. The third-order valence-corrected chi connectivity index (χ3v) is 3.41. The topological polar surface area (TPSA) is 84.8 Å². The molecule has 2 unspecified atom stereocenters. The van der Waals surface area contributed by atoms with E-state index in [2.05, 4.69) is 9.97 Å². The SMILES string of the molecule is COc1cc(OC)nc(N2CCC(C(=O)O)C2C)n1. The Morgan fingerprint density at radius 2 is 1.95 bits per heavy atom. The fourth-order valence-electron chi connectivity index (χ4n) is 2.28. The molecule has 1 saturated heterocycles. The van der Waals surface area contributed by atoms with Crippen molar-refractivity contribution in [3.8, 4) is 11.8 Å². The number of hydrogen-bond donors (Lipinski definition) is 1. The number of carbonyl (C=O) groups is 1. The lowest BCUT2D eigenvalue weighted by molar-refractivity contribution is -0.141. The number of ether oxygens (including phenoxy) is 2. The lowest BCUT2D eigenvalue weighted by atomic mass is 10.0. The van der Waals surface area contributed by atoms with Crippen molar-refractivity contribution in [1.82, 2.24) is 9.97 Å². The third kappa shape index (κ3) is 2.54. The van der Waals surface area contributed by atoms with Gasteiger partial charge in [0, 0.05) is 12.6 Å². The second-order valence-electron chi connectivity index (χ2n) is 4.42. The van der Waals surface area contributed by atoms with Crippen LogP contribution >= 0.6 is 0 Å². The summed E-state index contributed by atoms with van der Waals surface area (Å²) in [5.41, 5.74) is 0. The number of rotatable bonds is 4. The van der Waals surface area contributed by atoms with Gasteiger partial charge in [0.05, 0.1) is 26.2 Å². The van der Waals surface area contributed by atoms with Gasteiger partial charge < -0.3 is 19.5 Å². The summed E-state index contributed by atoms with van der Waals surface area (Å²) in [6, 6.07) is 1.42. The van der Waals surface area contributed by atoms with Crippen LogP contribution < -0.4 is 14.4 Å². The lowest BCUT2D eigenvalue weighted by Crippen LogP contribution is -2.34. The Bertz CT molecular complexity index is 458. The summed E-state index contributed by atoms with van der Waals surface area (Å²) in [6.45, 7) is 2.47. The minimum absolute atomic E-state index is 0.158. The van der Waals surface area contributed by atoms with Crippen LogP contribution in [0.25, 0.3) is 0 Å². The van der Waals surface area contributed by atoms with E-state index in [-0.39, 0.29) is 6.04 Å². The van der Waals surface area contributed by atoms with E-state index in [0.29, 0.717) is 30.7 Å². The van der Waals surface area contributed by atoms with Crippen LogP contribution in [0.5, 0.6) is 11.8 Å². The second kappa shape index (κ2) is 5.29. The van der Waals surface area contributed by atoms with Crippen molar-refractivity contribution in [2.75, 3.05) is 25.7 Å². The van der Waals surface area contributed by atoms with Gasteiger partial charge in [-0.2, -0.15) is 9.97 Å². The molecule has 0 saturated carbocycles. The van der Waals surface area contributed by atoms with Gasteiger partial charge in [-0.1, -0.05) is 0 Å². The summed E-state index contributed by atoms with van der Waals surface area (Å²) < 4.78 is 10.2. The predicted octanol–water partition coefficient (Wildman–Crippen LogP) is 0.793. The highest BCUT2D eigenvalue weighted by Gasteiger charge is 2.37. The molecule has 1 fully saturated rings. The molecule has 19 heavy (non-hydrogen) atoms. The highest BCUT2D eigenvalue weighted by Crippen LogP contribution is 2.30. The number of methoxy groups -OCH3 is 2. The second-order valence-corrected chi connectivity index (χ2v) is 4.42. The monoisotopic (exact) mass is 267 g/mol. The van der Waals surface area contributed by atoms with Crippen LogP contribution in [0.15, 0.2) is 6.07 Å². The van der Waals surface area contributed by atoms with Crippen molar-refractivity contribution < 1.29 is 19.4 Å². The minimum atomic E-state index is -0.787. The van der Waals surface area contributed by atoms with Crippen LogP contribution in [0.3, 0.4) is 0 Å². The van der Waals surface area contributed by atoms with Gasteiger partial charge in [0.25, 0.3) is 0 Å². The maximum Gasteiger partial charge on any atom is 0.308 e. The van der Waals surface area contributed by atoms with Crippen molar-refractivity contribution in [2.24, 2.45) is 5.92 Å². The van der Waals surface area contributed by atoms with Crippen molar-refractivity contribution in [1.29, 1.82) is 0 Å². The molecule has 1 aliphatic heterocycles. The van der Waals surface area contributed by atoms with Gasteiger partial charge in [0.15, 0.2) is 0 Å². The number of anilines is 1.